The molecule has 0 aliphatic carbocycles. The number of benzene rings is 2. The van der Waals surface area contributed by atoms with Gasteiger partial charge in [-0.1, -0.05) is 34.1 Å². The van der Waals surface area contributed by atoms with E-state index in [0.717, 1.165) is 10.0 Å². The quantitative estimate of drug-likeness (QED) is 0.688. The Hall–Kier alpha value is -2.38. The van der Waals surface area contributed by atoms with Gasteiger partial charge in [0.2, 0.25) is 11.8 Å². The second-order valence-electron chi connectivity index (χ2n) is 5.87. The number of nitrogens with zero attached hydrogens (tertiary/aromatic N) is 1. The topological polar surface area (TPSA) is 84.7 Å². The number of carbonyl (C=O) groups excluding carboxylic acids is 2. The molecule has 3 N–H and O–H groups in total. The standard InChI is InChI=1S/C19H22BrN3O3/c1-23(18(19(21)25)13-5-3-6-14(20)11-13)10-9-17(24)22-15-7-4-8-16(12-15)26-2/h3-8,11-12,18H,9-10H2,1-2H3,(H2,21,25)(H,22,24)/t18-/m1/s1. The Morgan fingerprint density at radius 2 is 1.96 bits per heavy atom. The van der Waals surface area contributed by atoms with Crippen LogP contribution < -0.4 is 15.8 Å². The zero-order chi connectivity index (χ0) is 19.1. The van der Waals surface area contributed by atoms with E-state index in [1.54, 1.807) is 43.3 Å². The number of nitrogens with two attached hydrogens (primary N) is 1. The smallest absolute Gasteiger partial charge is 0.239 e. The van der Waals surface area contributed by atoms with Crippen molar-refractivity contribution in [1.82, 2.24) is 4.90 Å². The Labute approximate surface area is 161 Å². The zero-order valence-corrected chi connectivity index (χ0v) is 16.3. The van der Waals surface area contributed by atoms with Crippen LogP contribution in [0.1, 0.15) is 18.0 Å². The number of likely N-dealkylation sites (N-methyl/N-ethyl adjacent to an activating group) is 1. The van der Waals surface area contributed by atoms with E-state index < -0.39 is 11.9 Å². The number of anilines is 1. The maximum absolute atomic E-state index is 12.2. The fourth-order valence-electron chi connectivity index (χ4n) is 2.64. The van der Waals surface area contributed by atoms with Crippen molar-refractivity contribution in [2.75, 3.05) is 26.0 Å². The molecule has 0 bridgehead atoms. The summed E-state index contributed by atoms with van der Waals surface area (Å²) in [5, 5.41) is 2.82. The number of halogens is 1. The van der Waals surface area contributed by atoms with E-state index in [1.807, 2.05) is 24.3 Å². The molecule has 0 aliphatic rings. The molecule has 2 rings (SSSR count). The molecule has 0 heterocycles. The summed E-state index contributed by atoms with van der Waals surface area (Å²) in [4.78, 5) is 25.9. The second-order valence-corrected chi connectivity index (χ2v) is 6.79. The molecular formula is C19H22BrN3O3. The van der Waals surface area contributed by atoms with Gasteiger partial charge in [0.05, 0.1) is 7.11 Å². The molecule has 0 aliphatic heterocycles. The SMILES string of the molecule is COc1cccc(NC(=O)CCN(C)[C@@H](C(N)=O)c2cccc(Br)c2)c1. The number of carbonyl (C=O) groups is 2. The van der Waals surface area contributed by atoms with Gasteiger partial charge in [-0.05, 0) is 36.9 Å². The van der Waals surface area contributed by atoms with Crippen LogP contribution in [0.15, 0.2) is 53.0 Å². The van der Waals surface area contributed by atoms with Crippen LogP contribution in [0.4, 0.5) is 5.69 Å². The molecule has 2 aromatic carbocycles. The monoisotopic (exact) mass is 419 g/mol. The fourth-order valence-corrected chi connectivity index (χ4v) is 3.06. The van der Waals surface area contributed by atoms with Gasteiger partial charge in [-0.3, -0.25) is 14.5 Å². The number of rotatable bonds is 8. The Morgan fingerprint density at radius 3 is 2.62 bits per heavy atom. The Balaban J connectivity index is 1.97. The van der Waals surface area contributed by atoms with Gasteiger partial charge in [0.15, 0.2) is 0 Å². The highest BCUT2D eigenvalue weighted by Crippen LogP contribution is 2.23. The first-order valence-corrected chi connectivity index (χ1v) is 8.89. The summed E-state index contributed by atoms with van der Waals surface area (Å²) in [5.41, 5.74) is 7.01. The molecule has 6 nitrogen and oxygen atoms in total. The van der Waals surface area contributed by atoms with Crippen LogP contribution in [0.5, 0.6) is 5.75 Å². The first-order valence-electron chi connectivity index (χ1n) is 8.09. The first kappa shape index (κ1) is 19.9. The minimum Gasteiger partial charge on any atom is -0.497 e. The van der Waals surface area contributed by atoms with E-state index in [0.29, 0.717) is 18.0 Å². The van der Waals surface area contributed by atoms with E-state index in [9.17, 15) is 9.59 Å². The van der Waals surface area contributed by atoms with Crippen LogP contribution in [0.3, 0.4) is 0 Å². The van der Waals surface area contributed by atoms with Crippen LogP contribution >= 0.6 is 15.9 Å². The van der Waals surface area contributed by atoms with E-state index in [2.05, 4.69) is 21.2 Å². The highest BCUT2D eigenvalue weighted by atomic mass is 79.9. The van der Waals surface area contributed by atoms with Gasteiger partial charge >= 0.3 is 0 Å². The number of nitrogens with one attached hydrogen (secondary N) is 1. The van der Waals surface area contributed by atoms with Crippen LogP contribution in [0.25, 0.3) is 0 Å². The predicted molar refractivity (Wildman–Crippen MR) is 105 cm³/mol. The van der Waals surface area contributed by atoms with Gasteiger partial charge in [-0.2, -0.15) is 0 Å². The average molecular weight is 420 g/mol. The normalized spacial score (nSPS) is 11.8. The van der Waals surface area contributed by atoms with Gasteiger partial charge in [-0.25, -0.2) is 0 Å². The van der Waals surface area contributed by atoms with Crippen LogP contribution in [0, 0.1) is 0 Å². The maximum Gasteiger partial charge on any atom is 0.239 e. The molecule has 138 valence electrons. The second kappa shape index (κ2) is 9.35. The third kappa shape index (κ3) is 5.57. The lowest BCUT2D eigenvalue weighted by atomic mass is 10.0. The number of ether oxygens (including phenoxy) is 1. The zero-order valence-electron chi connectivity index (χ0n) is 14.7. The van der Waals surface area contributed by atoms with Gasteiger partial charge < -0.3 is 15.8 Å². The minimum absolute atomic E-state index is 0.150. The predicted octanol–water partition coefficient (Wildman–Crippen LogP) is 2.94. The molecule has 2 aromatic rings. The summed E-state index contributed by atoms with van der Waals surface area (Å²) >= 11 is 3.39. The van der Waals surface area contributed by atoms with Crippen LogP contribution in [0.2, 0.25) is 0 Å². The molecular weight excluding hydrogens is 398 g/mol. The fraction of sp³-hybridized carbons (Fsp3) is 0.263. The van der Waals surface area contributed by atoms with Crippen molar-refractivity contribution in [3.8, 4) is 5.75 Å². The third-order valence-corrected chi connectivity index (χ3v) is 4.41. The molecule has 0 spiro atoms. The number of hydrogen-bond donors (Lipinski definition) is 2. The van der Waals surface area contributed by atoms with Crippen molar-refractivity contribution in [2.45, 2.75) is 12.5 Å². The molecule has 0 saturated carbocycles. The lowest BCUT2D eigenvalue weighted by Crippen LogP contribution is -2.37. The van der Waals surface area contributed by atoms with Crippen molar-refractivity contribution in [3.05, 3.63) is 58.6 Å². The molecule has 0 aromatic heterocycles. The summed E-state index contributed by atoms with van der Waals surface area (Å²) in [7, 11) is 3.34. The van der Waals surface area contributed by atoms with Crippen molar-refractivity contribution in [3.63, 3.8) is 0 Å². The molecule has 0 unspecified atom stereocenters. The summed E-state index contributed by atoms with van der Waals surface area (Å²) in [6, 6.07) is 14.0. The molecule has 0 saturated heterocycles. The summed E-state index contributed by atoms with van der Waals surface area (Å²) < 4.78 is 6.00. The Bertz CT molecular complexity index is 782. The van der Waals surface area contributed by atoms with Gasteiger partial charge in [0.1, 0.15) is 11.8 Å². The minimum atomic E-state index is -0.600. The highest BCUT2D eigenvalue weighted by Gasteiger charge is 2.23. The van der Waals surface area contributed by atoms with E-state index in [-0.39, 0.29) is 12.3 Å². The molecule has 0 radical (unpaired) electrons. The number of hydrogen-bond acceptors (Lipinski definition) is 4. The summed E-state index contributed by atoms with van der Waals surface area (Å²) in [5.74, 6) is 0.0599. The van der Waals surface area contributed by atoms with Gasteiger partial charge in [-0.15, -0.1) is 0 Å². The van der Waals surface area contributed by atoms with E-state index in [1.165, 1.54) is 0 Å². The first-order chi connectivity index (χ1) is 12.4. The van der Waals surface area contributed by atoms with Gasteiger partial charge in [0.25, 0.3) is 0 Å². The summed E-state index contributed by atoms with van der Waals surface area (Å²) in [6.45, 7) is 0.385. The molecule has 7 heteroatoms. The number of amides is 2. The molecule has 1 atom stereocenters. The lowest BCUT2D eigenvalue weighted by molar-refractivity contribution is -0.124. The van der Waals surface area contributed by atoms with Gasteiger partial charge in [0, 0.05) is 29.2 Å². The lowest BCUT2D eigenvalue weighted by Gasteiger charge is -2.25. The molecule has 26 heavy (non-hydrogen) atoms. The third-order valence-electron chi connectivity index (χ3n) is 3.92. The average Bonchev–Trinajstić information content (AvgIpc) is 2.60. The van der Waals surface area contributed by atoms with Crippen molar-refractivity contribution >= 4 is 33.4 Å². The number of methoxy groups -OCH3 is 1. The Morgan fingerprint density at radius 1 is 1.23 bits per heavy atom. The maximum atomic E-state index is 12.2. The van der Waals surface area contributed by atoms with Crippen molar-refractivity contribution in [2.24, 2.45) is 5.73 Å². The van der Waals surface area contributed by atoms with Crippen LogP contribution in [-0.4, -0.2) is 37.4 Å². The molecule has 2 amide bonds. The summed E-state index contributed by atoms with van der Waals surface area (Å²) in [6.07, 6.45) is 0.228. The van der Waals surface area contributed by atoms with E-state index in [4.69, 9.17) is 10.5 Å². The largest absolute Gasteiger partial charge is 0.497 e. The Kier molecular flexibility index (Phi) is 7.17. The number of primary amides is 1. The highest BCUT2D eigenvalue weighted by molar-refractivity contribution is 9.10. The van der Waals surface area contributed by atoms with Crippen molar-refractivity contribution < 1.29 is 14.3 Å². The van der Waals surface area contributed by atoms with Crippen molar-refractivity contribution in [1.29, 1.82) is 0 Å². The van der Waals surface area contributed by atoms with E-state index >= 15 is 0 Å². The van der Waals surface area contributed by atoms with Crippen LogP contribution in [-0.2, 0) is 9.59 Å². The molecule has 0 fully saturated rings.